The van der Waals surface area contributed by atoms with E-state index in [1.54, 1.807) is 21.9 Å². The Labute approximate surface area is 174 Å². The van der Waals surface area contributed by atoms with Gasteiger partial charge in [-0.1, -0.05) is 24.3 Å². The molecule has 6 nitrogen and oxygen atoms in total. The number of sulfonamides is 1. The number of piperidine rings is 1. The maximum atomic E-state index is 14.5. The van der Waals surface area contributed by atoms with E-state index in [0.29, 0.717) is 50.1 Å². The molecule has 1 fully saturated rings. The number of carbonyl (C=O) groups is 1. The van der Waals surface area contributed by atoms with E-state index >= 15 is 0 Å². The van der Waals surface area contributed by atoms with Crippen LogP contribution in [0.3, 0.4) is 0 Å². The smallest absolute Gasteiger partial charge is 0.324 e. The average molecular weight is 435 g/mol. The van der Waals surface area contributed by atoms with Crippen molar-refractivity contribution in [3.63, 3.8) is 0 Å². The number of anilines is 1. The Morgan fingerprint density at radius 3 is 2.30 bits per heavy atom. The first-order chi connectivity index (χ1) is 14.2. The molecule has 2 aliphatic rings. The number of likely N-dealkylation sites (tertiary alicyclic amines) is 1. The van der Waals surface area contributed by atoms with Gasteiger partial charge in [-0.3, -0.25) is 4.90 Å². The second-order valence-corrected chi connectivity index (χ2v) is 9.53. The number of halogens is 2. The molecule has 0 aliphatic carbocycles. The molecule has 2 aliphatic heterocycles. The first kappa shape index (κ1) is 20.7. The molecule has 0 bridgehead atoms. The summed E-state index contributed by atoms with van der Waals surface area (Å²) in [5.74, 6) is -1.34. The summed E-state index contributed by atoms with van der Waals surface area (Å²) in [4.78, 5) is 16.5. The van der Waals surface area contributed by atoms with Crippen molar-refractivity contribution in [1.29, 1.82) is 0 Å². The number of urea groups is 1. The van der Waals surface area contributed by atoms with Gasteiger partial charge in [0.1, 0.15) is 11.6 Å². The zero-order valence-electron chi connectivity index (χ0n) is 16.6. The molecule has 1 saturated heterocycles. The third-order valence-electron chi connectivity index (χ3n) is 5.60. The number of para-hydroxylation sites is 1. The number of amides is 2. The van der Waals surface area contributed by atoms with Gasteiger partial charge in [0, 0.05) is 31.2 Å². The summed E-state index contributed by atoms with van der Waals surface area (Å²) < 4.78 is 54.3. The van der Waals surface area contributed by atoms with Crippen molar-refractivity contribution in [2.45, 2.75) is 25.3 Å². The van der Waals surface area contributed by atoms with Gasteiger partial charge < -0.3 is 4.90 Å². The van der Waals surface area contributed by atoms with Crippen LogP contribution >= 0.6 is 0 Å². The molecular weight excluding hydrogens is 412 g/mol. The highest BCUT2D eigenvalue weighted by atomic mass is 32.2. The van der Waals surface area contributed by atoms with E-state index in [1.807, 2.05) is 6.07 Å². The monoisotopic (exact) mass is 435 g/mol. The molecule has 160 valence electrons. The van der Waals surface area contributed by atoms with E-state index in [4.69, 9.17) is 0 Å². The minimum absolute atomic E-state index is 0.134. The summed E-state index contributed by atoms with van der Waals surface area (Å²) in [6, 6.07) is 8.55. The highest BCUT2D eigenvalue weighted by Crippen LogP contribution is 2.40. The van der Waals surface area contributed by atoms with Gasteiger partial charge in [-0.25, -0.2) is 26.7 Å². The number of carbonyl (C=O) groups excluding carboxylic acids is 1. The van der Waals surface area contributed by atoms with E-state index in [9.17, 15) is 22.0 Å². The van der Waals surface area contributed by atoms with Crippen molar-refractivity contribution in [2.75, 3.05) is 30.8 Å². The number of nitrogens with zero attached hydrogens (tertiary/aromatic N) is 2. The Balaban J connectivity index is 1.59. The minimum Gasteiger partial charge on any atom is -0.324 e. The summed E-state index contributed by atoms with van der Waals surface area (Å²) >= 11 is 0. The lowest BCUT2D eigenvalue weighted by Crippen LogP contribution is -2.50. The Morgan fingerprint density at radius 2 is 1.67 bits per heavy atom. The van der Waals surface area contributed by atoms with E-state index in [2.05, 4.69) is 4.72 Å². The molecule has 1 N–H and O–H groups in total. The van der Waals surface area contributed by atoms with Crippen LogP contribution in [0.5, 0.6) is 0 Å². The number of hydrogen-bond acceptors (Lipinski definition) is 3. The van der Waals surface area contributed by atoms with Crippen molar-refractivity contribution >= 4 is 21.7 Å². The molecule has 2 heterocycles. The Hall–Kier alpha value is -2.52. The molecule has 9 heteroatoms. The topological polar surface area (TPSA) is 69.7 Å². The maximum absolute atomic E-state index is 14.5. The maximum Gasteiger partial charge on any atom is 0.324 e. The van der Waals surface area contributed by atoms with Gasteiger partial charge in [0.2, 0.25) is 10.0 Å². The van der Waals surface area contributed by atoms with Gasteiger partial charge in [0.25, 0.3) is 0 Å². The van der Waals surface area contributed by atoms with Crippen LogP contribution in [0.1, 0.15) is 18.4 Å². The number of nitrogens with one attached hydrogen (secondary N) is 1. The Bertz CT molecular complexity index is 1060. The van der Waals surface area contributed by atoms with Gasteiger partial charge in [0.05, 0.1) is 17.5 Å². The normalized spacial score (nSPS) is 17.3. The summed E-state index contributed by atoms with van der Waals surface area (Å²) in [7, 11) is -3.30. The molecule has 2 amide bonds. The van der Waals surface area contributed by atoms with Crippen LogP contribution in [0.2, 0.25) is 0 Å². The van der Waals surface area contributed by atoms with Crippen LogP contribution in [0.15, 0.2) is 36.4 Å². The minimum atomic E-state index is -3.30. The van der Waals surface area contributed by atoms with Crippen LogP contribution in [-0.2, 0) is 16.4 Å². The van der Waals surface area contributed by atoms with Crippen molar-refractivity contribution in [3.8, 4) is 11.1 Å². The molecule has 0 unspecified atom stereocenters. The lowest BCUT2D eigenvalue weighted by atomic mass is 9.99. The number of benzene rings is 2. The van der Waals surface area contributed by atoms with Crippen LogP contribution in [0.4, 0.5) is 19.3 Å². The summed E-state index contributed by atoms with van der Waals surface area (Å²) in [5.41, 5.74) is 1.65. The molecule has 30 heavy (non-hydrogen) atoms. The SMILES string of the molecule is CS(=O)(=O)NC1CCN(C(=O)N2CCc3cccc(-c4c(F)cccc4F)c32)CC1. The predicted octanol–water partition coefficient (Wildman–Crippen LogP) is 3.13. The second kappa shape index (κ2) is 7.96. The van der Waals surface area contributed by atoms with Gasteiger partial charge >= 0.3 is 6.03 Å². The molecule has 4 rings (SSSR count). The predicted molar refractivity (Wildman–Crippen MR) is 111 cm³/mol. The molecule has 0 radical (unpaired) electrons. The number of rotatable bonds is 3. The third kappa shape index (κ3) is 4.04. The highest BCUT2D eigenvalue weighted by molar-refractivity contribution is 7.88. The fourth-order valence-corrected chi connectivity index (χ4v) is 5.11. The average Bonchev–Trinajstić information content (AvgIpc) is 3.11. The molecule has 2 aromatic carbocycles. The zero-order valence-corrected chi connectivity index (χ0v) is 17.4. The largest absolute Gasteiger partial charge is 0.324 e. The van der Waals surface area contributed by atoms with Gasteiger partial charge in [-0.05, 0) is 37.0 Å². The van der Waals surface area contributed by atoms with Gasteiger partial charge in [-0.2, -0.15) is 0 Å². The molecule has 0 atom stereocenters. The third-order valence-corrected chi connectivity index (χ3v) is 6.36. The van der Waals surface area contributed by atoms with Crippen molar-refractivity contribution in [1.82, 2.24) is 9.62 Å². The molecule has 2 aromatic rings. The fraction of sp³-hybridized carbons (Fsp3) is 0.381. The first-order valence-electron chi connectivity index (χ1n) is 9.84. The lowest BCUT2D eigenvalue weighted by Gasteiger charge is -2.35. The van der Waals surface area contributed by atoms with E-state index < -0.39 is 21.7 Å². The standard InChI is InChI=1S/C21H23F2N3O3S/c1-30(28,29)24-15-9-11-25(12-10-15)21(27)26-13-8-14-4-2-5-16(20(14)26)19-17(22)6-3-7-18(19)23/h2-7,15,24H,8-13H2,1H3. The summed E-state index contributed by atoms with van der Waals surface area (Å²) in [6.45, 7) is 1.25. The molecule has 0 spiro atoms. The number of hydrogen-bond donors (Lipinski definition) is 1. The van der Waals surface area contributed by atoms with Crippen molar-refractivity contribution in [3.05, 3.63) is 53.6 Å². The first-order valence-corrected chi connectivity index (χ1v) is 11.7. The number of fused-ring (bicyclic) bond motifs is 1. The van der Waals surface area contributed by atoms with Crippen molar-refractivity contribution < 1.29 is 22.0 Å². The Kier molecular flexibility index (Phi) is 5.50. The van der Waals surface area contributed by atoms with Crippen LogP contribution in [0.25, 0.3) is 11.1 Å². The molecule has 0 aromatic heterocycles. The summed E-state index contributed by atoms with van der Waals surface area (Å²) in [5, 5.41) is 0. The van der Waals surface area contributed by atoms with E-state index in [-0.39, 0.29) is 17.6 Å². The highest BCUT2D eigenvalue weighted by Gasteiger charge is 2.34. The Morgan fingerprint density at radius 1 is 1.03 bits per heavy atom. The quantitative estimate of drug-likeness (QED) is 0.806. The zero-order chi connectivity index (χ0) is 21.5. The second-order valence-electron chi connectivity index (χ2n) is 7.75. The lowest BCUT2D eigenvalue weighted by molar-refractivity contribution is 0.187. The van der Waals surface area contributed by atoms with Gasteiger partial charge in [0.15, 0.2) is 0 Å². The summed E-state index contributed by atoms with van der Waals surface area (Å²) in [6.07, 6.45) is 2.76. The molecular formula is C21H23F2N3O3S. The van der Waals surface area contributed by atoms with E-state index in [0.717, 1.165) is 11.8 Å². The van der Waals surface area contributed by atoms with Crippen LogP contribution in [-0.4, -0.2) is 51.3 Å². The van der Waals surface area contributed by atoms with Crippen molar-refractivity contribution in [2.24, 2.45) is 0 Å². The van der Waals surface area contributed by atoms with E-state index in [1.165, 1.54) is 18.2 Å². The van der Waals surface area contributed by atoms with Crippen LogP contribution in [0, 0.1) is 11.6 Å². The molecule has 0 saturated carbocycles. The fourth-order valence-electron chi connectivity index (χ4n) is 4.27. The van der Waals surface area contributed by atoms with Gasteiger partial charge in [-0.15, -0.1) is 0 Å². The van der Waals surface area contributed by atoms with Crippen LogP contribution < -0.4 is 9.62 Å².